The molecule has 2 atom stereocenters. The van der Waals surface area contributed by atoms with E-state index in [9.17, 15) is 9.59 Å². The molecule has 0 heterocycles. The topological polar surface area (TPSA) is 58.2 Å². The Hall–Kier alpha value is -1.06. The van der Waals surface area contributed by atoms with E-state index in [1.807, 2.05) is 0 Å². The first kappa shape index (κ1) is 14.4. The van der Waals surface area contributed by atoms with Crippen LogP contribution in [0, 0.1) is 11.8 Å². The highest BCUT2D eigenvalue weighted by Crippen LogP contribution is 2.39. The molecule has 0 bridgehead atoms. The maximum atomic E-state index is 12.0. The molecule has 0 aromatic heterocycles. The first-order valence-electron chi connectivity index (χ1n) is 7.80. The van der Waals surface area contributed by atoms with Crippen molar-refractivity contribution in [1.29, 1.82) is 0 Å². The molecular formula is C15H26N2O2. The maximum absolute atomic E-state index is 12.0. The molecule has 2 unspecified atom stereocenters. The second-order valence-corrected chi connectivity index (χ2v) is 5.94. The molecular weight excluding hydrogens is 240 g/mol. The summed E-state index contributed by atoms with van der Waals surface area (Å²) in [5, 5.41) is 6.02. The lowest BCUT2D eigenvalue weighted by Gasteiger charge is -2.11. The van der Waals surface area contributed by atoms with Crippen molar-refractivity contribution in [2.75, 3.05) is 6.54 Å². The lowest BCUT2D eigenvalue weighted by Crippen LogP contribution is -2.35. The van der Waals surface area contributed by atoms with Crippen molar-refractivity contribution in [3.8, 4) is 0 Å². The quantitative estimate of drug-likeness (QED) is 0.692. The minimum atomic E-state index is -0.0666. The van der Waals surface area contributed by atoms with Crippen molar-refractivity contribution in [3.05, 3.63) is 0 Å². The van der Waals surface area contributed by atoms with Crippen LogP contribution in [-0.2, 0) is 9.59 Å². The van der Waals surface area contributed by atoms with Crippen LogP contribution in [0.3, 0.4) is 0 Å². The maximum Gasteiger partial charge on any atom is 0.224 e. The number of carbonyl (C=O) groups is 2. The van der Waals surface area contributed by atoms with Gasteiger partial charge in [-0.15, -0.1) is 0 Å². The summed E-state index contributed by atoms with van der Waals surface area (Å²) in [6.45, 7) is 2.90. The molecule has 0 radical (unpaired) electrons. The van der Waals surface area contributed by atoms with E-state index < -0.39 is 0 Å². The van der Waals surface area contributed by atoms with Crippen LogP contribution in [0.15, 0.2) is 0 Å². The molecule has 4 nitrogen and oxygen atoms in total. The molecule has 2 aliphatic rings. The fourth-order valence-corrected chi connectivity index (χ4v) is 2.87. The first-order valence-corrected chi connectivity index (χ1v) is 7.80. The minimum absolute atomic E-state index is 0.0632. The summed E-state index contributed by atoms with van der Waals surface area (Å²) in [5.41, 5.74) is 0. The number of unbranched alkanes of at least 4 members (excludes halogenated alkanes) is 2. The van der Waals surface area contributed by atoms with Crippen molar-refractivity contribution in [2.24, 2.45) is 11.8 Å². The highest BCUT2D eigenvalue weighted by atomic mass is 16.2. The molecule has 0 aliphatic heterocycles. The molecule has 2 N–H and O–H groups in total. The van der Waals surface area contributed by atoms with Crippen LogP contribution in [0.4, 0.5) is 0 Å². The third kappa shape index (κ3) is 4.22. The molecule has 0 saturated heterocycles. The summed E-state index contributed by atoms with van der Waals surface area (Å²) in [4.78, 5) is 23.8. The Balaban J connectivity index is 1.62. The summed E-state index contributed by atoms with van der Waals surface area (Å²) in [6.07, 6.45) is 8.72. The normalized spacial score (nSPS) is 26.2. The molecule has 0 aromatic rings. The van der Waals surface area contributed by atoms with E-state index in [0.717, 1.165) is 45.1 Å². The number of amides is 2. The van der Waals surface area contributed by atoms with E-state index in [4.69, 9.17) is 0 Å². The number of nitrogens with one attached hydrogen (secondary N) is 2. The highest BCUT2D eigenvalue weighted by molar-refractivity contribution is 5.92. The van der Waals surface area contributed by atoms with Crippen LogP contribution in [0.25, 0.3) is 0 Å². The van der Waals surface area contributed by atoms with E-state index in [0.29, 0.717) is 6.04 Å². The predicted octanol–water partition coefficient (Wildman–Crippen LogP) is 1.99. The van der Waals surface area contributed by atoms with Crippen molar-refractivity contribution in [2.45, 2.75) is 64.3 Å². The van der Waals surface area contributed by atoms with Crippen molar-refractivity contribution < 1.29 is 9.59 Å². The van der Waals surface area contributed by atoms with E-state index in [1.54, 1.807) is 0 Å². The molecule has 4 heteroatoms. The Morgan fingerprint density at radius 2 is 1.74 bits per heavy atom. The minimum Gasteiger partial charge on any atom is -0.356 e. The number of rotatable bonds is 7. The standard InChI is InChI=1S/C15H26N2O2/c1-2-3-6-9-16-14(18)12-10-13(12)15(19)17-11-7-4-5-8-11/h11-13H,2-10H2,1H3,(H,16,18)(H,17,19). The Bertz CT molecular complexity index is 324. The molecule has 2 saturated carbocycles. The fraction of sp³-hybridized carbons (Fsp3) is 0.867. The van der Waals surface area contributed by atoms with Gasteiger partial charge in [0.15, 0.2) is 0 Å². The van der Waals surface area contributed by atoms with Gasteiger partial charge in [0, 0.05) is 12.6 Å². The molecule has 0 aromatic carbocycles. The van der Waals surface area contributed by atoms with Crippen molar-refractivity contribution >= 4 is 11.8 Å². The first-order chi connectivity index (χ1) is 9.22. The van der Waals surface area contributed by atoms with Gasteiger partial charge in [0.25, 0.3) is 0 Å². The number of hydrogen-bond donors (Lipinski definition) is 2. The van der Waals surface area contributed by atoms with Gasteiger partial charge in [-0.1, -0.05) is 32.6 Å². The zero-order valence-electron chi connectivity index (χ0n) is 11.9. The average Bonchev–Trinajstić information content (AvgIpc) is 3.06. The molecule has 2 amide bonds. The van der Waals surface area contributed by atoms with Crippen LogP contribution in [-0.4, -0.2) is 24.4 Å². The third-order valence-electron chi connectivity index (χ3n) is 4.25. The lowest BCUT2D eigenvalue weighted by molar-refractivity contribution is -0.127. The van der Waals surface area contributed by atoms with Crippen molar-refractivity contribution in [1.82, 2.24) is 10.6 Å². The van der Waals surface area contributed by atoms with Gasteiger partial charge in [-0.05, 0) is 25.7 Å². The molecule has 2 fully saturated rings. The number of carbonyl (C=O) groups excluding carboxylic acids is 2. The lowest BCUT2D eigenvalue weighted by atomic mass is 10.2. The predicted molar refractivity (Wildman–Crippen MR) is 74.5 cm³/mol. The fourth-order valence-electron chi connectivity index (χ4n) is 2.87. The largest absolute Gasteiger partial charge is 0.356 e. The SMILES string of the molecule is CCCCCNC(=O)C1CC1C(=O)NC1CCCC1. The molecule has 2 rings (SSSR count). The van der Waals surface area contributed by atoms with E-state index >= 15 is 0 Å². The van der Waals surface area contributed by atoms with Crippen LogP contribution < -0.4 is 10.6 Å². The zero-order valence-corrected chi connectivity index (χ0v) is 11.9. The second-order valence-electron chi connectivity index (χ2n) is 5.94. The summed E-state index contributed by atoms with van der Waals surface area (Å²) in [6, 6.07) is 0.362. The van der Waals surface area contributed by atoms with Gasteiger partial charge in [0.05, 0.1) is 11.8 Å². The summed E-state index contributed by atoms with van der Waals surface area (Å²) < 4.78 is 0. The zero-order chi connectivity index (χ0) is 13.7. The monoisotopic (exact) mass is 266 g/mol. The van der Waals surface area contributed by atoms with Gasteiger partial charge in [-0.2, -0.15) is 0 Å². The van der Waals surface area contributed by atoms with Crippen LogP contribution in [0.1, 0.15) is 58.3 Å². The third-order valence-corrected chi connectivity index (χ3v) is 4.25. The summed E-state index contributed by atoms with van der Waals surface area (Å²) in [5.74, 6) is 0.0399. The molecule has 2 aliphatic carbocycles. The van der Waals surface area contributed by atoms with Crippen LogP contribution >= 0.6 is 0 Å². The van der Waals surface area contributed by atoms with Crippen LogP contribution in [0.5, 0.6) is 0 Å². The van der Waals surface area contributed by atoms with Gasteiger partial charge in [-0.25, -0.2) is 0 Å². The van der Waals surface area contributed by atoms with E-state index in [2.05, 4.69) is 17.6 Å². The van der Waals surface area contributed by atoms with Gasteiger partial charge < -0.3 is 10.6 Å². The number of hydrogen-bond acceptors (Lipinski definition) is 2. The summed E-state index contributed by atoms with van der Waals surface area (Å²) >= 11 is 0. The molecule has 19 heavy (non-hydrogen) atoms. The Morgan fingerprint density at radius 1 is 1.05 bits per heavy atom. The van der Waals surface area contributed by atoms with E-state index in [1.165, 1.54) is 12.8 Å². The Labute approximate surface area is 115 Å². The smallest absolute Gasteiger partial charge is 0.224 e. The van der Waals surface area contributed by atoms with Gasteiger partial charge in [-0.3, -0.25) is 9.59 Å². The summed E-state index contributed by atoms with van der Waals surface area (Å²) in [7, 11) is 0. The van der Waals surface area contributed by atoms with Crippen LogP contribution in [0.2, 0.25) is 0 Å². The van der Waals surface area contributed by atoms with E-state index in [-0.39, 0.29) is 23.7 Å². The second kappa shape index (κ2) is 6.92. The Kier molecular flexibility index (Phi) is 5.23. The van der Waals surface area contributed by atoms with Gasteiger partial charge in [0.1, 0.15) is 0 Å². The molecule has 0 spiro atoms. The molecule has 108 valence electrons. The Morgan fingerprint density at radius 3 is 2.42 bits per heavy atom. The van der Waals surface area contributed by atoms with Crippen molar-refractivity contribution in [3.63, 3.8) is 0 Å². The van der Waals surface area contributed by atoms with Gasteiger partial charge in [0.2, 0.25) is 11.8 Å². The van der Waals surface area contributed by atoms with Gasteiger partial charge >= 0.3 is 0 Å². The highest BCUT2D eigenvalue weighted by Gasteiger charge is 2.48. The average molecular weight is 266 g/mol.